The summed E-state index contributed by atoms with van der Waals surface area (Å²) in [6, 6.07) is 4.31. The molecule has 1 saturated heterocycles. The van der Waals surface area contributed by atoms with Crippen LogP contribution in [0.25, 0.3) is 0 Å². The maximum atomic E-state index is 13.5. The Labute approximate surface area is 106 Å². The standard InChI is InChI=1S/C13H18FNO3/c1-16-12-4-3-10(14)9-11(12)13(5-6-15)17-7-2-8-18-13/h3-4,9H,2,5-8,15H2,1H3. The number of halogens is 1. The lowest BCUT2D eigenvalue weighted by Gasteiger charge is -2.38. The van der Waals surface area contributed by atoms with Crippen LogP contribution >= 0.6 is 0 Å². The van der Waals surface area contributed by atoms with Gasteiger partial charge in [0.25, 0.3) is 0 Å². The van der Waals surface area contributed by atoms with E-state index in [1.54, 1.807) is 6.07 Å². The van der Waals surface area contributed by atoms with Gasteiger partial charge in [0.2, 0.25) is 0 Å². The molecule has 2 N–H and O–H groups in total. The summed E-state index contributed by atoms with van der Waals surface area (Å²) in [6.45, 7) is 1.53. The van der Waals surface area contributed by atoms with Crippen molar-refractivity contribution in [1.82, 2.24) is 0 Å². The summed E-state index contributed by atoms with van der Waals surface area (Å²) in [5.74, 6) is -0.785. The number of rotatable bonds is 4. The Balaban J connectivity index is 2.43. The molecule has 0 unspecified atom stereocenters. The molecule has 0 radical (unpaired) electrons. The van der Waals surface area contributed by atoms with Gasteiger partial charge in [-0.05, 0) is 31.2 Å². The summed E-state index contributed by atoms with van der Waals surface area (Å²) in [5, 5.41) is 0. The normalized spacial score (nSPS) is 18.6. The molecule has 1 aromatic carbocycles. The van der Waals surface area contributed by atoms with Crippen molar-refractivity contribution in [3.63, 3.8) is 0 Å². The van der Waals surface area contributed by atoms with Crippen LogP contribution in [0.2, 0.25) is 0 Å². The molecule has 0 aromatic heterocycles. The fraction of sp³-hybridized carbons (Fsp3) is 0.538. The highest BCUT2D eigenvalue weighted by molar-refractivity contribution is 5.37. The van der Waals surface area contributed by atoms with Gasteiger partial charge in [-0.3, -0.25) is 0 Å². The van der Waals surface area contributed by atoms with Crippen molar-refractivity contribution in [3.8, 4) is 5.75 Å². The number of methoxy groups -OCH3 is 1. The van der Waals surface area contributed by atoms with Crippen LogP contribution in [-0.2, 0) is 15.3 Å². The van der Waals surface area contributed by atoms with E-state index in [9.17, 15) is 4.39 Å². The second-order valence-electron chi connectivity index (χ2n) is 4.19. The zero-order valence-corrected chi connectivity index (χ0v) is 10.4. The SMILES string of the molecule is COc1ccc(F)cc1C1(CCN)OCCCO1. The predicted molar refractivity (Wildman–Crippen MR) is 64.8 cm³/mol. The van der Waals surface area contributed by atoms with E-state index in [1.807, 2.05) is 0 Å². The van der Waals surface area contributed by atoms with E-state index in [2.05, 4.69) is 0 Å². The zero-order valence-electron chi connectivity index (χ0n) is 10.4. The minimum absolute atomic E-state index is 0.347. The van der Waals surface area contributed by atoms with E-state index >= 15 is 0 Å². The van der Waals surface area contributed by atoms with Gasteiger partial charge in [-0.15, -0.1) is 0 Å². The minimum Gasteiger partial charge on any atom is -0.496 e. The molecular formula is C13H18FNO3. The van der Waals surface area contributed by atoms with Crippen molar-refractivity contribution in [2.75, 3.05) is 26.9 Å². The highest BCUT2D eigenvalue weighted by atomic mass is 19.1. The molecule has 0 amide bonds. The molecule has 1 aromatic rings. The molecular weight excluding hydrogens is 237 g/mol. The smallest absolute Gasteiger partial charge is 0.199 e. The van der Waals surface area contributed by atoms with Crippen LogP contribution in [0.15, 0.2) is 18.2 Å². The summed E-state index contributed by atoms with van der Waals surface area (Å²) >= 11 is 0. The largest absolute Gasteiger partial charge is 0.496 e. The fourth-order valence-corrected chi connectivity index (χ4v) is 2.18. The number of ether oxygens (including phenoxy) is 3. The molecule has 0 spiro atoms. The second kappa shape index (κ2) is 5.65. The fourth-order valence-electron chi connectivity index (χ4n) is 2.18. The highest BCUT2D eigenvalue weighted by Crippen LogP contribution is 2.39. The maximum absolute atomic E-state index is 13.5. The molecule has 5 heteroatoms. The van der Waals surface area contributed by atoms with Crippen molar-refractivity contribution in [2.24, 2.45) is 5.73 Å². The van der Waals surface area contributed by atoms with Crippen molar-refractivity contribution in [1.29, 1.82) is 0 Å². The Morgan fingerprint density at radius 3 is 2.72 bits per heavy atom. The first-order chi connectivity index (χ1) is 8.72. The summed E-state index contributed by atoms with van der Waals surface area (Å²) in [7, 11) is 1.54. The van der Waals surface area contributed by atoms with E-state index in [-0.39, 0.29) is 5.82 Å². The van der Waals surface area contributed by atoms with Gasteiger partial charge in [0.15, 0.2) is 5.79 Å². The van der Waals surface area contributed by atoms with Gasteiger partial charge in [0, 0.05) is 6.42 Å². The van der Waals surface area contributed by atoms with E-state index in [1.165, 1.54) is 19.2 Å². The van der Waals surface area contributed by atoms with Crippen molar-refractivity contribution in [2.45, 2.75) is 18.6 Å². The molecule has 2 rings (SSSR count). The molecule has 4 nitrogen and oxygen atoms in total. The summed E-state index contributed by atoms with van der Waals surface area (Å²) < 4.78 is 30.2. The number of hydrogen-bond donors (Lipinski definition) is 1. The van der Waals surface area contributed by atoms with Crippen LogP contribution in [0.5, 0.6) is 5.75 Å². The first-order valence-electron chi connectivity index (χ1n) is 6.04. The minimum atomic E-state index is -0.986. The van der Waals surface area contributed by atoms with Gasteiger partial charge in [-0.25, -0.2) is 4.39 Å². The Bertz CT molecular complexity index is 400. The highest BCUT2D eigenvalue weighted by Gasteiger charge is 2.38. The van der Waals surface area contributed by atoms with Crippen molar-refractivity contribution < 1.29 is 18.6 Å². The van der Waals surface area contributed by atoms with Crippen LogP contribution in [0.4, 0.5) is 4.39 Å². The molecule has 0 saturated carbocycles. The molecule has 0 atom stereocenters. The Morgan fingerprint density at radius 2 is 2.11 bits per heavy atom. The molecule has 1 heterocycles. The van der Waals surface area contributed by atoms with E-state index in [0.29, 0.717) is 37.5 Å². The molecule has 100 valence electrons. The monoisotopic (exact) mass is 255 g/mol. The van der Waals surface area contributed by atoms with Gasteiger partial charge < -0.3 is 19.9 Å². The van der Waals surface area contributed by atoms with Crippen LogP contribution < -0.4 is 10.5 Å². The summed E-state index contributed by atoms with van der Waals surface area (Å²) in [4.78, 5) is 0. The third-order valence-electron chi connectivity index (χ3n) is 3.00. The van der Waals surface area contributed by atoms with Gasteiger partial charge >= 0.3 is 0 Å². The molecule has 1 aliphatic heterocycles. The maximum Gasteiger partial charge on any atom is 0.199 e. The molecule has 1 fully saturated rings. The molecule has 1 aliphatic rings. The number of hydrogen-bond acceptors (Lipinski definition) is 4. The van der Waals surface area contributed by atoms with Gasteiger partial charge in [-0.1, -0.05) is 0 Å². The zero-order chi connectivity index (χ0) is 13.0. The summed E-state index contributed by atoms with van der Waals surface area (Å²) in [5.41, 5.74) is 6.18. The Morgan fingerprint density at radius 1 is 1.39 bits per heavy atom. The molecule has 0 aliphatic carbocycles. The van der Waals surface area contributed by atoms with E-state index in [4.69, 9.17) is 19.9 Å². The van der Waals surface area contributed by atoms with Gasteiger partial charge in [-0.2, -0.15) is 0 Å². The van der Waals surface area contributed by atoms with Crippen molar-refractivity contribution >= 4 is 0 Å². The van der Waals surface area contributed by atoms with Crippen LogP contribution in [0.3, 0.4) is 0 Å². The molecule has 18 heavy (non-hydrogen) atoms. The average molecular weight is 255 g/mol. The van der Waals surface area contributed by atoms with Gasteiger partial charge in [0.05, 0.1) is 25.9 Å². The topological polar surface area (TPSA) is 53.7 Å². The van der Waals surface area contributed by atoms with Crippen LogP contribution in [0.1, 0.15) is 18.4 Å². The summed E-state index contributed by atoms with van der Waals surface area (Å²) in [6.07, 6.45) is 1.29. The average Bonchev–Trinajstić information content (AvgIpc) is 2.40. The quantitative estimate of drug-likeness (QED) is 0.891. The third-order valence-corrected chi connectivity index (χ3v) is 3.00. The lowest BCUT2D eigenvalue weighted by atomic mass is 9.99. The van der Waals surface area contributed by atoms with E-state index < -0.39 is 5.79 Å². The number of benzene rings is 1. The lowest BCUT2D eigenvalue weighted by Crippen LogP contribution is -2.40. The first kappa shape index (κ1) is 13.3. The Kier molecular flexibility index (Phi) is 4.16. The predicted octanol–water partition coefficient (Wildman–Crippen LogP) is 1.77. The number of nitrogens with two attached hydrogens (primary N) is 1. The van der Waals surface area contributed by atoms with Crippen molar-refractivity contribution in [3.05, 3.63) is 29.6 Å². The Hall–Kier alpha value is -1.17. The van der Waals surface area contributed by atoms with Crippen LogP contribution in [0, 0.1) is 5.82 Å². The lowest BCUT2D eigenvalue weighted by molar-refractivity contribution is -0.279. The van der Waals surface area contributed by atoms with Crippen LogP contribution in [-0.4, -0.2) is 26.9 Å². The third kappa shape index (κ3) is 2.48. The van der Waals surface area contributed by atoms with Gasteiger partial charge in [0.1, 0.15) is 11.6 Å². The molecule has 0 bridgehead atoms. The second-order valence-corrected chi connectivity index (χ2v) is 4.19. The first-order valence-corrected chi connectivity index (χ1v) is 6.04. The van der Waals surface area contributed by atoms with E-state index in [0.717, 1.165) is 6.42 Å².